The molecule has 0 radical (unpaired) electrons. The van der Waals surface area contributed by atoms with E-state index in [1.165, 1.54) is 12.5 Å². The van der Waals surface area contributed by atoms with E-state index in [9.17, 15) is 13.2 Å². The van der Waals surface area contributed by atoms with Gasteiger partial charge in [0.05, 0.1) is 11.8 Å². The van der Waals surface area contributed by atoms with Crippen LogP contribution in [0.2, 0.25) is 0 Å². The van der Waals surface area contributed by atoms with Gasteiger partial charge in [-0.2, -0.15) is 18.3 Å². The second-order valence-corrected chi connectivity index (χ2v) is 3.25. The largest absolute Gasteiger partial charge is 0.419 e. The Balaban J connectivity index is 2.44. The highest BCUT2D eigenvalue weighted by molar-refractivity contribution is 5.31. The van der Waals surface area contributed by atoms with Gasteiger partial charge >= 0.3 is 6.18 Å². The van der Waals surface area contributed by atoms with Gasteiger partial charge in [0.1, 0.15) is 6.33 Å². The molecule has 17 heavy (non-hydrogen) atoms. The van der Waals surface area contributed by atoms with Crippen molar-refractivity contribution in [2.75, 3.05) is 0 Å². The lowest BCUT2D eigenvalue weighted by Gasteiger charge is -2.05. The molecule has 0 aromatic carbocycles. The smallest absolute Gasteiger partial charge is 0.326 e. The van der Waals surface area contributed by atoms with Gasteiger partial charge in [-0.1, -0.05) is 0 Å². The van der Waals surface area contributed by atoms with E-state index in [2.05, 4.69) is 15.1 Å². The fourth-order valence-corrected chi connectivity index (χ4v) is 1.29. The maximum Gasteiger partial charge on any atom is 0.419 e. The van der Waals surface area contributed by atoms with Gasteiger partial charge in [-0.15, -0.1) is 0 Å². The predicted octanol–water partition coefficient (Wildman–Crippen LogP) is 1.14. The van der Waals surface area contributed by atoms with Crippen molar-refractivity contribution in [2.24, 2.45) is 5.73 Å². The van der Waals surface area contributed by atoms with Crippen LogP contribution >= 0.6 is 0 Å². The number of hydrogen-bond acceptors (Lipinski definition) is 4. The Morgan fingerprint density at radius 2 is 2.06 bits per heavy atom. The predicted molar refractivity (Wildman–Crippen MR) is 52.0 cm³/mol. The second kappa shape index (κ2) is 4.13. The molecule has 0 aliphatic heterocycles. The minimum absolute atomic E-state index is 0.122. The summed E-state index contributed by atoms with van der Waals surface area (Å²) in [6.45, 7) is 0.122. The second-order valence-electron chi connectivity index (χ2n) is 3.25. The van der Waals surface area contributed by atoms with Crippen LogP contribution in [-0.4, -0.2) is 19.7 Å². The van der Waals surface area contributed by atoms with E-state index >= 15 is 0 Å². The number of halogens is 3. The summed E-state index contributed by atoms with van der Waals surface area (Å²) in [6, 6.07) is 0. The normalized spacial score (nSPS) is 11.8. The molecule has 0 atom stereocenters. The Kier molecular flexibility index (Phi) is 2.80. The van der Waals surface area contributed by atoms with Crippen molar-refractivity contribution in [3.8, 4) is 5.82 Å². The highest BCUT2D eigenvalue weighted by Gasteiger charge is 2.32. The minimum Gasteiger partial charge on any atom is -0.326 e. The standard InChI is InChI=1S/C9H8F3N5/c10-9(11,12)7-3-16-17(4-7)8-6(1-13)2-14-5-15-8/h2-5H,1,13H2. The molecule has 0 saturated heterocycles. The molecule has 0 bridgehead atoms. The summed E-state index contributed by atoms with van der Waals surface area (Å²) in [6.07, 6.45) is -0.154. The summed E-state index contributed by atoms with van der Waals surface area (Å²) < 4.78 is 38.2. The third-order valence-corrected chi connectivity index (χ3v) is 2.11. The molecule has 2 aromatic heterocycles. The van der Waals surface area contributed by atoms with Crippen molar-refractivity contribution in [3.63, 3.8) is 0 Å². The monoisotopic (exact) mass is 243 g/mol. The molecule has 2 rings (SSSR count). The SMILES string of the molecule is NCc1cncnc1-n1cc(C(F)(F)F)cn1. The fraction of sp³-hybridized carbons (Fsp3) is 0.222. The maximum atomic E-state index is 12.4. The van der Waals surface area contributed by atoms with Gasteiger partial charge in [-0.25, -0.2) is 14.6 Å². The first-order valence-electron chi connectivity index (χ1n) is 4.63. The molecule has 0 spiro atoms. The third-order valence-electron chi connectivity index (χ3n) is 2.11. The van der Waals surface area contributed by atoms with E-state index < -0.39 is 11.7 Å². The number of nitrogens with two attached hydrogens (primary N) is 1. The summed E-state index contributed by atoms with van der Waals surface area (Å²) in [5.41, 5.74) is 5.12. The Labute approximate surface area is 94.1 Å². The van der Waals surface area contributed by atoms with Gasteiger partial charge in [0.15, 0.2) is 5.82 Å². The minimum atomic E-state index is -4.42. The zero-order valence-electron chi connectivity index (χ0n) is 8.52. The van der Waals surface area contributed by atoms with Crippen LogP contribution in [0.4, 0.5) is 13.2 Å². The molecule has 8 heteroatoms. The molecule has 0 fully saturated rings. The molecule has 0 amide bonds. The molecule has 2 aromatic rings. The summed E-state index contributed by atoms with van der Waals surface area (Å²) in [5.74, 6) is 0.248. The average molecular weight is 243 g/mol. The van der Waals surface area contributed by atoms with Crippen LogP contribution in [0, 0.1) is 0 Å². The lowest BCUT2D eigenvalue weighted by Crippen LogP contribution is -2.08. The van der Waals surface area contributed by atoms with Crippen LogP contribution in [0.15, 0.2) is 24.9 Å². The van der Waals surface area contributed by atoms with Crippen molar-refractivity contribution in [1.29, 1.82) is 0 Å². The Morgan fingerprint density at radius 1 is 1.29 bits per heavy atom. The van der Waals surface area contributed by atoms with Gasteiger partial charge in [0.2, 0.25) is 0 Å². The Bertz CT molecular complexity index is 519. The van der Waals surface area contributed by atoms with E-state index in [0.717, 1.165) is 17.1 Å². The number of nitrogens with zero attached hydrogens (tertiary/aromatic N) is 4. The van der Waals surface area contributed by atoms with E-state index in [4.69, 9.17) is 5.73 Å². The molecule has 5 nitrogen and oxygen atoms in total. The number of hydrogen-bond donors (Lipinski definition) is 1. The maximum absolute atomic E-state index is 12.4. The number of rotatable bonds is 2. The molecule has 0 unspecified atom stereocenters. The van der Waals surface area contributed by atoms with Crippen LogP contribution in [0.25, 0.3) is 5.82 Å². The first-order valence-corrected chi connectivity index (χ1v) is 4.63. The van der Waals surface area contributed by atoms with Crippen LogP contribution < -0.4 is 5.73 Å². The van der Waals surface area contributed by atoms with Gasteiger partial charge < -0.3 is 5.73 Å². The van der Waals surface area contributed by atoms with E-state index in [1.807, 2.05) is 0 Å². The average Bonchev–Trinajstić information content (AvgIpc) is 2.77. The Morgan fingerprint density at radius 3 is 2.65 bits per heavy atom. The molecule has 0 aliphatic rings. The molecule has 90 valence electrons. The van der Waals surface area contributed by atoms with Crippen LogP contribution in [0.5, 0.6) is 0 Å². The topological polar surface area (TPSA) is 69.6 Å². The first-order chi connectivity index (χ1) is 8.02. The number of alkyl halides is 3. The quantitative estimate of drug-likeness (QED) is 0.858. The van der Waals surface area contributed by atoms with E-state index in [1.54, 1.807) is 0 Å². The number of aromatic nitrogens is 4. The molecule has 0 saturated carbocycles. The summed E-state index contributed by atoms with van der Waals surface area (Å²) in [7, 11) is 0. The van der Waals surface area contributed by atoms with Gasteiger partial charge in [-0.05, 0) is 0 Å². The van der Waals surface area contributed by atoms with E-state index in [-0.39, 0.29) is 12.4 Å². The molecular weight excluding hydrogens is 235 g/mol. The van der Waals surface area contributed by atoms with Crippen LogP contribution in [-0.2, 0) is 12.7 Å². The lowest BCUT2D eigenvalue weighted by molar-refractivity contribution is -0.137. The van der Waals surface area contributed by atoms with E-state index in [0.29, 0.717) is 5.56 Å². The molecule has 2 N–H and O–H groups in total. The highest BCUT2D eigenvalue weighted by Crippen LogP contribution is 2.29. The van der Waals surface area contributed by atoms with Crippen molar-refractivity contribution < 1.29 is 13.2 Å². The van der Waals surface area contributed by atoms with Crippen molar-refractivity contribution in [2.45, 2.75) is 12.7 Å². The highest BCUT2D eigenvalue weighted by atomic mass is 19.4. The summed E-state index contributed by atoms with van der Waals surface area (Å²) in [4.78, 5) is 7.60. The van der Waals surface area contributed by atoms with Crippen LogP contribution in [0.3, 0.4) is 0 Å². The molecule has 2 heterocycles. The zero-order chi connectivity index (χ0) is 12.5. The summed E-state index contributed by atoms with van der Waals surface area (Å²) >= 11 is 0. The van der Waals surface area contributed by atoms with Crippen molar-refractivity contribution >= 4 is 0 Å². The van der Waals surface area contributed by atoms with Gasteiger partial charge in [0, 0.05) is 24.5 Å². The van der Waals surface area contributed by atoms with Crippen molar-refractivity contribution in [1.82, 2.24) is 19.7 Å². The van der Waals surface area contributed by atoms with Gasteiger partial charge in [0.25, 0.3) is 0 Å². The van der Waals surface area contributed by atoms with Gasteiger partial charge in [-0.3, -0.25) is 0 Å². The van der Waals surface area contributed by atoms with Crippen molar-refractivity contribution in [3.05, 3.63) is 36.0 Å². The first kappa shape index (κ1) is 11.5. The summed E-state index contributed by atoms with van der Waals surface area (Å²) in [5, 5.41) is 3.61. The third kappa shape index (κ3) is 2.26. The fourth-order valence-electron chi connectivity index (χ4n) is 1.29. The Hall–Kier alpha value is -1.96. The molecular formula is C9H8F3N5. The van der Waals surface area contributed by atoms with Crippen LogP contribution in [0.1, 0.15) is 11.1 Å². The molecule has 0 aliphatic carbocycles. The lowest BCUT2D eigenvalue weighted by atomic mass is 10.3. The zero-order valence-corrected chi connectivity index (χ0v) is 8.52.